The zero-order valence-corrected chi connectivity index (χ0v) is 12.2. The van der Waals surface area contributed by atoms with Crippen molar-refractivity contribution in [3.05, 3.63) is 29.6 Å². The molecule has 0 saturated heterocycles. The number of rotatable bonds is 7. The van der Waals surface area contributed by atoms with Crippen LogP contribution in [0.15, 0.2) is 12.7 Å². The molecule has 1 heterocycles. The standard InChI is InChI=1S/C14H21N3O3/c1-5-7-17(9-14(19)20-6-2)13(18)8-12-10(3)15-16-11(12)4/h5H,1,6-9H2,2-4H3,(H,15,16). The molecule has 0 unspecified atom stereocenters. The van der Waals surface area contributed by atoms with Gasteiger partial charge in [0.05, 0.1) is 18.7 Å². The molecule has 0 bridgehead atoms. The van der Waals surface area contributed by atoms with Crippen molar-refractivity contribution in [3.63, 3.8) is 0 Å². The van der Waals surface area contributed by atoms with Crippen molar-refractivity contribution in [1.82, 2.24) is 15.1 Å². The normalized spacial score (nSPS) is 10.2. The molecule has 20 heavy (non-hydrogen) atoms. The van der Waals surface area contributed by atoms with E-state index in [1.807, 2.05) is 13.8 Å². The molecule has 1 aromatic rings. The van der Waals surface area contributed by atoms with E-state index in [-0.39, 0.29) is 18.9 Å². The molecule has 0 aromatic carbocycles. The molecule has 1 N–H and O–H groups in total. The number of carbonyl (C=O) groups excluding carboxylic acids is 2. The number of carbonyl (C=O) groups is 2. The van der Waals surface area contributed by atoms with Crippen molar-refractivity contribution < 1.29 is 14.3 Å². The molecule has 0 saturated carbocycles. The van der Waals surface area contributed by atoms with Crippen molar-refractivity contribution in [2.75, 3.05) is 19.7 Å². The molecule has 1 rings (SSSR count). The van der Waals surface area contributed by atoms with Crippen LogP contribution in [-0.4, -0.2) is 46.7 Å². The van der Waals surface area contributed by atoms with Crippen molar-refractivity contribution >= 4 is 11.9 Å². The first-order valence-electron chi connectivity index (χ1n) is 6.54. The third-order valence-electron chi connectivity index (χ3n) is 2.94. The van der Waals surface area contributed by atoms with Crippen molar-refractivity contribution in [2.45, 2.75) is 27.2 Å². The van der Waals surface area contributed by atoms with E-state index in [1.54, 1.807) is 13.0 Å². The van der Waals surface area contributed by atoms with E-state index < -0.39 is 5.97 Å². The fourth-order valence-electron chi connectivity index (χ4n) is 1.87. The van der Waals surface area contributed by atoms with Crippen LogP contribution in [0.5, 0.6) is 0 Å². The van der Waals surface area contributed by atoms with Crippen LogP contribution in [0.25, 0.3) is 0 Å². The summed E-state index contributed by atoms with van der Waals surface area (Å²) in [7, 11) is 0. The van der Waals surface area contributed by atoms with Gasteiger partial charge in [-0.05, 0) is 20.8 Å². The van der Waals surface area contributed by atoms with Gasteiger partial charge in [0, 0.05) is 17.8 Å². The third kappa shape index (κ3) is 4.22. The third-order valence-corrected chi connectivity index (χ3v) is 2.94. The van der Waals surface area contributed by atoms with Gasteiger partial charge in [-0.25, -0.2) is 0 Å². The van der Waals surface area contributed by atoms with Crippen LogP contribution < -0.4 is 0 Å². The SMILES string of the molecule is C=CCN(CC(=O)OCC)C(=O)Cc1c(C)n[nH]c1C. The molecular weight excluding hydrogens is 258 g/mol. The van der Waals surface area contributed by atoms with E-state index in [2.05, 4.69) is 16.8 Å². The monoisotopic (exact) mass is 279 g/mol. The van der Waals surface area contributed by atoms with E-state index in [1.165, 1.54) is 4.90 Å². The van der Waals surface area contributed by atoms with Crippen LogP contribution >= 0.6 is 0 Å². The fourth-order valence-corrected chi connectivity index (χ4v) is 1.87. The first kappa shape index (κ1) is 15.9. The fraction of sp³-hybridized carbons (Fsp3) is 0.500. The quantitative estimate of drug-likeness (QED) is 0.600. The topological polar surface area (TPSA) is 75.3 Å². The summed E-state index contributed by atoms with van der Waals surface area (Å²) in [5.74, 6) is -0.561. The van der Waals surface area contributed by atoms with Crippen LogP contribution in [0.2, 0.25) is 0 Å². The van der Waals surface area contributed by atoms with Crippen molar-refractivity contribution in [2.24, 2.45) is 0 Å². The van der Waals surface area contributed by atoms with Gasteiger partial charge >= 0.3 is 5.97 Å². The average Bonchev–Trinajstić information content (AvgIpc) is 2.70. The van der Waals surface area contributed by atoms with Gasteiger partial charge in [-0.1, -0.05) is 6.08 Å². The van der Waals surface area contributed by atoms with Gasteiger partial charge < -0.3 is 9.64 Å². The molecule has 1 aromatic heterocycles. The number of ether oxygens (including phenoxy) is 1. The highest BCUT2D eigenvalue weighted by molar-refractivity contribution is 5.84. The highest BCUT2D eigenvalue weighted by atomic mass is 16.5. The summed E-state index contributed by atoms with van der Waals surface area (Å²) in [5, 5.41) is 6.90. The zero-order valence-electron chi connectivity index (χ0n) is 12.2. The Kier molecular flexibility index (Phi) is 5.96. The van der Waals surface area contributed by atoms with Gasteiger partial charge in [-0.15, -0.1) is 6.58 Å². The molecule has 0 aliphatic heterocycles. The summed E-state index contributed by atoms with van der Waals surface area (Å²) in [6.07, 6.45) is 1.80. The average molecular weight is 279 g/mol. The largest absolute Gasteiger partial charge is 0.465 e. The zero-order chi connectivity index (χ0) is 15.1. The molecule has 1 amide bonds. The Morgan fingerprint density at radius 1 is 1.45 bits per heavy atom. The molecule has 0 aliphatic rings. The second kappa shape index (κ2) is 7.47. The van der Waals surface area contributed by atoms with Crippen molar-refractivity contribution in [3.8, 4) is 0 Å². The number of hydrogen-bond acceptors (Lipinski definition) is 4. The summed E-state index contributed by atoms with van der Waals surface area (Å²) >= 11 is 0. The first-order chi connectivity index (χ1) is 9.49. The lowest BCUT2D eigenvalue weighted by atomic mass is 10.1. The number of amides is 1. The molecular formula is C14H21N3O3. The molecule has 0 aliphatic carbocycles. The maximum Gasteiger partial charge on any atom is 0.325 e. The molecule has 0 atom stereocenters. The highest BCUT2D eigenvalue weighted by Gasteiger charge is 2.19. The summed E-state index contributed by atoms with van der Waals surface area (Å²) in [5.41, 5.74) is 2.53. The Bertz CT molecular complexity index is 474. The summed E-state index contributed by atoms with van der Waals surface area (Å²) in [4.78, 5) is 25.2. The Morgan fingerprint density at radius 3 is 2.65 bits per heavy atom. The van der Waals surface area contributed by atoms with Gasteiger partial charge in [0.2, 0.25) is 5.91 Å². The Balaban J connectivity index is 2.74. The summed E-state index contributed by atoms with van der Waals surface area (Å²) in [6.45, 7) is 9.60. The minimum absolute atomic E-state index is 0.0609. The maximum absolute atomic E-state index is 12.3. The second-order valence-electron chi connectivity index (χ2n) is 4.46. The number of aryl methyl sites for hydroxylation is 2. The first-order valence-corrected chi connectivity index (χ1v) is 6.54. The van der Waals surface area contributed by atoms with E-state index in [9.17, 15) is 9.59 Å². The molecule has 0 radical (unpaired) electrons. The minimum atomic E-state index is -0.414. The minimum Gasteiger partial charge on any atom is -0.465 e. The van der Waals surface area contributed by atoms with Crippen LogP contribution in [0.1, 0.15) is 23.9 Å². The van der Waals surface area contributed by atoms with Gasteiger partial charge in [0.25, 0.3) is 0 Å². The number of H-pyrrole nitrogens is 1. The van der Waals surface area contributed by atoms with E-state index in [0.717, 1.165) is 17.0 Å². The van der Waals surface area contributed by atoms with Gasteiger partial charge in [-0.3, -0.25) is 14.7 Å². The Labute approximate surface area is 118 Å². The molecule has 0 fully saturated rings. The van der Waals surface area contributed by atoms with Gasteiger partial charge in [0.1, 0.15) is 6.54 Å². The summed E-state index contributed by atoms with van der Waals surface area (Å²) in [6, 6.07) is 0. The number of aromatic amines is 1. The van der Waals surface area contributed by atoms with E-state index in [0.29, 0.717) is 13.2 Å². The number of esters is 1. The molecule has 110 valence electrons. The molecule has 0 spiro atoms. The highest BCUT2D eigenvalue weighted by Crippen LogP contribution is 2.11. The van der Waals surface area contributed by atoms with Crippen LogP contribution in [0, 0.1) is 13.8 Å². The molecule has 6 nitrogen and oxygen atoms in total. The predicted octanol–water partition coefficient (Wildman–Crippen LogP) is 1.15. The van der Waals surface area contributed by atoms with Crippen LogP contribution in [0.3, 0.4) is 0 Å². The lowest BCUT2D eigenvalue weighted by Gasteiger charge is -2.20. The Morgan fingerprint density at radius 2 is 2.15 bits per heavy atom. The number of aromatic nitrogens is 2. The van der Waals surface area contributed by atoms with E-state index >= 15 is 0 Å². The second-order valence-corrected chi connectivity index (χ2v) is 4.46. The van der Waals surface area contributed by atoms with Crippen LogP contribution in [-0.2, 0) is 20.7 Å². The van der Waals surface area contributed by atoms with Gasteiger partial charge in [0.15, 0.2) is 0 Å². The maximum atomic E-state index is 12.3. The van der Waals surface area contributed by atoms with E-state index in [4.69, 9.17) is 4.74 Å². The number of nitrogens with one attached hydrogen (secondary N) is 1. The number of hydrogen-bond donors (Lipinski definition) is 1. The lowest BCUT2D eigenvalue weighted by molar-refractivity contribution is -0.148. The summed E-state index contributed by atoms with van der Waals surface area (Å²) < 4.78 is 4.87. The molecule has 6 heteroatoms. The Hall–Kier alpha value is -2.11. The van der Waals surface area contributed by atoms with Crippen LogP contribution in [0.4, 0.5) is 0 Å². The predicted molar refractivity (Wildman–Crippen MR) is 75.2 cm³/mol. The lowest BCUT2D eigenvalue weighted by Crippen LogP contribution is -2.37. The van der Waals surface area contributed by atoms with Crippen molar-refractivity contribution in [1.29, 1.82) is 0 Å². The smallest absolute Gasteiger partial charge is 0.325 e. The number of nitrogens with zero attached hydrogens (tertiary/aromatic N) is 2. The van der Waals surface area contributed by atoms with Gasteiger partial charge in [-0.2, -0.15) is 5.10 Å².